The highest BCUT2D eigenvalue weighted by molar-refractivity contribution is 5.46. The summed E-state index contributed by atoms with van der Waals surface area (Å²) < 4.78 is 0. The molecule has 1 aromatic carbocycles. The summed E-state index contributed by atoms with van der Waals surface area (Å²) in [6, 6.07) is 11.1. The minimum atomic E-state index is 0.383. The van der Waals surface area contributed by atoms with E-state index in [2.05, 4.69) is 52.1 Å². The van der Waals surface area contributed by atoms with Crippen LogP contribution in [0, 0.1) is 5.92 Å². The standard InChI is InChI=1S/C17H28N4/c1-19-8-7-17(18)15(13-19)14-20-9-11-21(12-10-20)16-5-3-2-4-6-16/h2-6,15,17H,7-14,18H2,1H3. The second kappa shape index (κ2) is 6.77. The molecule has 0 radical (unpaired) electrons. The van der Waals surface area contributed by atoms with E-state index in [-0.39, 0.29) is 0 Å². The Morgan fingerprint density at radius 2 is 1.76 bits per heavy atom. The van der Waals surface area contributed by atoms with E-state index in [1.807, 2.05) is 0 Å². The van der Waals surface area contributed by atoms with Gasteiger partial charge in [0.15, 0.2) is 0 Å². The van der Waals surface area contributed by atoms with E-state index in [4.69, 9.17) is 5.73 Å². The van der Waals surface area contributed by atoms with Crippen LogP contribution in [0.3, 0.4) is 0 Å². The second-order valence-corrected chi connectivity index (χ2v) is 6.60. The van der Waals surface area contributed by atoms with Crippen LogP contribution in [0.2, 0.25) is 0 Å². The zero-order valence-corrected chi connectivity index (χ0v) is 13.1. The van der Waals surface area contributed by atoms with Crippen molar-refractivity contribution in [2.75, 3.05) is 57.8 Å². The zero-order chi connectivity index (χ0) is 14.7. The predicted molar refractivity (Wildman–Crippen MR) is 88.7 cm³/mol. The SMILES string of the molecule is CN1CCC(N)C(CN2CCN(c3ccccc3)CC2)C1. The van der Waals surface area contributed by atoms with Gasteiger partial charge in [0.05, 0.1) is 0 Å². The number of nitrogens with two attached hydrogens (primary N) is 1. The van der Waals surface area contributed by atoms with Gasteiger partial charge >= 0.3 is 0 Å². The topological polar surface area (TPSA) is 35.7 Å². The molecule has 2 atom stereocenters. The fourth-order valence-corrected chi connectivity index (χ4v) is 3.58. The molecule has 0 amide bonds. The number of nitrogens with zero attached hydrogens (tertiary/aromatic N) is 3. The highest BCUT2D eigenvalue weighted by atomic mass is 15.3. The van der Waals surface area contributed by atoms with Crippen molar-refractivity contribution in [2.24, 2.45) is 11.7 Å². The van der Waals surface area contributed by atoms with Gasteiger partial charge in [0.1, 0.15) is 0 Å². The Bertz CT molecular complexity index is 428. The maximum absolute atomic E-state index is 6.31. The summed E-state index contributed by atoms with van der Waals surface area (Å²) >= 11 is 0. The van der Waals surface area contributed by atoms with Gasteiger partial charge < -0.3 is 15.5 Å². The number of rotatable bonds is 3. The van der Waals surface area contributed by atoms with E-state index >= 15 is 0 Å². The molecule has 0 saturated carbocycles. The highest BCUT2D eigenvalue weighted by Crippen LogP contribution is 2.19. The Balaban J connectivity index is 1.49. The van der Waals surface area contributed by atoms with Gasteiger partial charge in [0, 0.05) is 51.0 Å². The number of hydrogen-bond donors (Lipinski definition) is 1. The van der Waals surface area contributed by atoms with Gasteiger partial charge in [-0.05, 0) is 38.1 Å². The van der Waals surface area contributed by atoms with Crippen molar-refractivity contribution in [3.05, 3.63) is 30.3 Å². The molecule has 2 heterocycles. The first-order valence-corrected chi connectivity index (χ1v) is 8.19. The lowest BCUT2D eigenvalue weighted by Gasteiger charge is -2.41. The molecule has 2 aliphatic rings. The Morgan fingerprint density at radius 3 is 2.48 bits per heavy atom. The van der Waals surface area contributed by atoms with Crippen molar-refractivity contribution < 1.29 is 0 Å². The molecule has 2 saturated heterocycles. The number of para-hydroxylation sites is 1. The predicted octanol–water partition coefficient (Wildman–Crippen LogP) is 1.09. The maximum Gasteiger partial charge on any atom is 0.0367 e. The van der Waals surface area contributed by atoms with E-state index in [0.717, 1.165) is 52.2 Å². The van der Waals surface area contributed by atoms with Crippen molar-refractivity contribution in [3.8, 4) is 0 Å². The van der Waals surface area contributed by atoms with Crippen LogP contribution in [0.25, 0.3) is 0 Å². The number of piperidine rings is 1. The molecule has 4 nitrogen and oxygen atoms in total. The molecule has 2 N–H and O–H groups in total. The van der Waals surface area contributed by atoms with Crippen LogP contribution in [0.15, 0.2) is 30.3 Å². The first kappa shape index (κ1) is 14.8. The fourth-order valence-electron chi connectivity index (χ4n) is 3.58. The Morgan fingerprint density at radius 1 is 1.05 bits per heavy atom. The minimum Gasteiger partial charge on any atom is -0.369 e. The number of hydrogen-bond acceptors (Lipinski definition) is 4. The molecule has 116 valence electrons. The number of anilines is 1. The Hall–Kier alpha value is -1.10. The first-order chi connectivity index (χ1) is 10.2. The summed E-state index contributed by atoms with van der Waals surface area (Å²) in [5.41, 5.74) is 7.67. The van der Waals surface area contributed by atoms with Gasteiger partial charge in [-0.1, -0.05) is 18.2 Å². The summed E-state index contributed by atoms with van der Waals surface area (Å²) in [5, 5.41) is 0. The number of piperazine rings is 1. The van der Waals surface area contributed by atoms with Crippen molar-refractivity contribution in [3.63, 3.8) is 0 Å². The van der Waals surface area contributed by atoms with Gasteiger partial charge in [-0.2, -0.15) is 0 Å². The van der Waals surface area contributed by atoms with Crippen molar-refractivity contribution in [1.82, 2.24) is 9.80 Å². The molecule has 2 aliphatic heterocycles. The van der Waals surface area contributed by atoms with Crippen molar-refractivity contribution in [2.45, 2.75) is 12.5 Å². The molecule has 21 heavy (non-hydrogen) atoms. The third-order valence-corrected chi connectivity index (χ3v) is 4.98. The molecular weight excluding hydrogens is 260 g/mol. The molecule has 0 bridgehead atoms. The van der Waals surface area contributed by atoms with Crippen LogP contribution in [0.4, 0.5) is 5.69 Å². The smallest absolute Gasteiger partial charge is 0.0367 e. The molecule has 3 rings (SSSR count). The van der Waals surface area contributed by atoms with Gasteiger partial charge in [-0.25, -0.2) is 0 Å². The third kappa shape index (κ3) is 3.76. The molecule has 0 spiro atoms. The first-order valence-electron chi connectivity index (χ1n) is 8.19. The summed E-state index contributed by atoms with van der Waals surface area (Å²) in [5.74, 6) is 0.632. The Labute approximate surface area is 128 Å². The van der Waals surface area contributed by atoms with Crippen LogP contribution in [0.5, 0.6) is 0 Å². The summed E-state index contributed by atoms with van der Waals surface area (Å²) in [7, 11) is 2.21. The van der Waals surface area contributed by atoms with Gasteiger partial charge in [-0.15, -0.1) is 0 Å². The largest absolute Gasteiger partial charge is 0.369 e. The van der Waals surface area contributed by atoms with E-state index in [0.29, 0.717) is 12.0 Å². The lowest BCUT2D eigenvalue weighted by atomic mass is 9.92. The van der Waals surface area contributed by atoms with E-state index < -0.39 is 0 Å². The molecular formula is C17H28N4. The lowest BCUT2D eigenvalue weighted by Crippen LogP contribution is -2.53. The molecule has 2 unspecified atom stereocenters. The summed E-state index contributed by atoms with van der Waals surface area (Å²) in [4.78, 5) is 7.51. The van der Waals surface area contributed by atoms with Crippen molar-refractivity contribution in [1.29, 1.82) is 0 Å². The quantitative estimate of drug-likeness (QED) is 0.903. The number of benzene rings is 1. The fraction of sp³-hybridized carbons (Fsp3) is 0.647. The van der Waals surface area contributed by atoms with Crippen LogP contribution in [-0.2, 0) is 0 Å². The maximum atomic E-state index is 6.31. The second-order valence-electron chi connectivity index (χ2n) is 6.60. The van der Waals surface area contributed by atoms with Gasteiger partial charge in [-0.3, -0.25) is 4.90 Å². The van der Waals surface area contributed by atoms with Crippen LogP contribution >= 0.6 is 0 Å². The molecule has 1 aromatic rings. The molecule has 0 aromatic heterocycles. The van der Waals surface area contributed by atoms with Gasteiger partial charge in [0.25, 0.3) is 0 Å². The average Bonchev–Trinajstić information content (AvgIpc) is 2.53. The summed E-state index contributed by atoms with van der Waals surface area (Å²) in [6.45, 7) is 8.03. The highest BCUT2D eigenvalue weighted by Gasteiger charge is 2.28. The normalized spacial score (nSPS) is 28.8. The number of likely N-dealkylation sites (tertiary alicyclic amines) is 1. The van der Waals surface area contributed by atoms with E-state index in [1.54, 1.807) is 0 Å². The Kier molecular flexibility index (Phi) is 4.78. The lowest BCUT2D eigenvalue weighted by molar-refractivity contribution is 0.130. The van der Waals surface area contributed by atoms with E-state index in [1.165, 1.54) is 5.69 Å². The third-order valence-electron chi connectivity index (χ3n) is 4.98. The van der Waals surface area contributed by atoms with Crippen LogP contribution in [-0.4, -0.2) is 68.7 Å². The monoisotopic (exact) mass is 288 g/mol. The van der Waals surface area contributed by atoms with Crippen molar-refractivity contribution >= 4 is 5.69 Å². The van der Waals surface area contributed by atoms with Crippen LogP contribution in [0.1, 0.15) is 6.42 Å². The molecule has 2 fully saturated rings. The van der Waals surface area contributed by atoms with Crippen LogP contribution < -0.4 is 10.6 Å². The zero-order valence-electron chi connectivity index (χ0n) is 13.1. The van der Waals surface area contributed by atoms with E-state index in [9.17, 15) is 0 Å². The average molecular weight is 288 g/mol. The summed E-state index contributed by atoms with van der Waals surface area (Å²) in [6.07, 6.45) is 1.14. The molecule has 4 heteroatoms. The van der Waals surface area contributed by atoms with Gasteiger partial charge in [0.2, 0.25) is 0 Å². The minimum absolute atomic E-state index is 0.383. The molecule has 0 aliphatic carbocycles.